The molecule has 0 unspecified atom stereocenters. The summed E-state index contributed by atoms with van der Waals surface area (Å²) in [4.78, 5) is 15.0. The van der Waals surface area contributed by atoms with Crippen LogP contribution in [0.5, 0.6) is 0 Å². The van der Waals surface area contributed by atoms with Crippen molar-refractivity contribution in [2.75, 3.05) is 13.6 Å². The number of hydrogen-bond acceptors (Lipinski definition) is 4. The van der Waals surface area contributed by atoms with Crippen LogP contribution in [0, 0.1) is 0 Å². The summed E-state index contributed by atoms with van der Waals surface area (Å²) < 4.78 is 0. The first kappa shape index (κ1) is 14.6. The summed E-state index contributed by atoms with van der Waals surface area (Å²) in [7, 11) is 2.17. The SMILES string of the molecule is C[C@@H](Cc1cnccn1)N(C)CCCc1cccnc1. The maximum absolute atomic E-state index is 4.33. The first-order valence-corrected chi connectivity index (χ1v) is 7.09. The first-order chi connectivity index (χ1) is 9.75. The Morgan fingerprint density at radius 1 is 1.15 bits per heavy atom. The van der Waals surface area contributed by atoms with Crippen LogP contribution in [0.1, 0.15) is 24.6 Å². The summed E-state index contributed by atoms with van der Waals surface area (Å²) in [6, 6.07) is 4.60. The van der Waals surface area contributed by atoms with Crippen LogP contribution < -0.4 is 0 Å². The van der Waals surface area contributed by atoms with E-state index in [9.17, 15) is 0 Å². The number of pyridine rings is 1. The van der Waals surface area contributed by atoms with Gasteiger partial charge in [0.1, 0.15) is 0 Å². The molecule has 4 nitrogen and oxygen atoms in total. The van der Waals surface area contributed by atoms with Gasteiger partial charge in [-0.2, -0.15) is 0 Å². The van der Waals surface area contributed by atoms with Crippen LogP contribution in [-0.4, -0.2) is 39.5 Å². The van der Waals surface area contributed by atoms with Crippen LogP contribution in [0.2, 0.25) is 0 Å². The molecule has 0 radical (unpaired) electrons. The Balaban J connectivity index is 1.73. The lowest BCUT2D eigenvalue weighted by Crippen LogP contribution is -2.32. The molecule has 0 amide bonds. The van der Waals surface area contributed by atoms with Gasteiger partial charge in [0, 0.05) is 43.4 Å². The molecular weight excluding hydrogens is 248 g/mol. The minimum atomic E-state index is 0.473. The quantitative estimate of drug-likeness (QED) is 0.774. The molecule has 0 aromatic carbocycles. The Morgan fingerprint density at radius 2 is 2.00 bits per heavy atom. The summed E-state index contributed by atoms with van der Waals surface area (Å²) >= 11 is 0. The molecule has 2 aromatic heterocycles. The van der Waals surface area contributed by atoms with Gasteiger partial charge in [-0.15, -0.1) is 0 Å². The van der Waals surface area contributed by atoms with Gasteiger partial charge in [0.15, 0.2) is 0 Å². The molecule has 2 aromatic rings. The van der Waals surface area contributed by atoms with E-state index in [2.05, 4.69) is 39.9 Å². The third-order valence-corrected chi connectivity index (χ3v) is 3.57. The number of aromatic nitrogens is 3. The second-order valence-corrected chi connectivity index (χ2v) is 5.20. The summed E-state index contributed by atoms with van der Waals surface area (Å²) in [5, 5.41) is 0. The molecule has 0 N–H and O–H groups in total. The van der Waals surface area contributed by atoms with Crippen molar-refractivity contribution in [1.82, 2.24) is 19.9 Å². The lowest BCUT2D eigenvalue weighted by atomic mass is 10.1. The van der Waals surface area contributed by atoms with E-state index < -0.39 is 0 Å². The molecule has 0 bridgehead atoms. The molecule has 0 aliphatic heterocycles. The second-order valence-electron chi connectivity index (χ2n) is 5.20. The van der Waals surface area contributed by atoms with Gasteiger partial charge in [-0.05, 0) is 45.0 Å². The maximum atomic E-state index is 4.33. The third-order valence-electron chi connectivity index (χ3n) is 3.57. The molecule has 0 spiro atoms. The molecule has 2 heterocycles. The average molecular weight is 270 g/mol. The summed E-state index contributed by atoms with van der Waals surface area (Å²) in [5.41, 5.74) is 2.36. The predicted molar refractivity (Wildman–Crippen MR) is 80.4 cm³/mol. The Kier molecular flexibility index (Phi) is 5.62. The molecule has 0 saturated heterocycles. The highest BCUT2D eigenvalue weighted by atomic mass is 15.1. The van der Waals surface area contributed by atoms with Gasteiger partial charge >= 0.3 is 0 Å². The fraction of sp³-hybridized carbons (Fsp3) is 0.438. The Bertz CT molecular complexity index is 486. The zero-order valence-electron chi connectivity index (χ0n) is 12.2. The normalized spacial score (nSPS) is 12.6. The molecule has 0 fully saturated rings. The van der Waals surface area contributed by atoms with Crippen molar-refractivity contribution in [2.45, 2.75) is 32.2 Å². The predicted octanol–water partition coefficient (Wildman–Crippen LogP) is 2.37. The lowest BCUT2D eigenvalue weighted by molar-refractivity contribution is 0.252. The molecule has 1 atom stereocenters. The van der Waals surface area contributed by atoms with Gasteiger partial charge in [0.2, 0.25) is 0 Å². The highest BCUT2D eigenvalue weighted by molar-refractivity contribution is 5.08. The van der Waals surface area contributed by atoms with E-state index in [1.807, 2.05) is 24.7 Å². The number of hydrogen-bond donors (Lipinski definition) is 0. The smallest absolute Gasteiger partial charge is 0.0602 e. The molecule has 20 heavy (non-hydrogen) atoms. The Morgan fingerprint density at radius 3 is 2.70 bits per heavy atom. The van der Waals surface area contributed by atoms with Gasteiger partial charge in [-0.3, -0.25) is 15.0 Å². The number of aryl methyl sites for hydroxylation is 1. The second kappa shape index (κ2) is 7.70. The van der Waals surface area contributed by atoms with E-state index in [-0.39, 0.29) is 0 Å². The molecule has 0 aliphatic carbocycles. The van der Waals surface area contributed by atoms with Crippen LogP contribution in [-0.2, 0) is 12.8 Å². The molecule has 0 saturated carbocycles. The minimum Gasteiger partial charge on any atom is -0.303 e. The zero-order valence-corrected chi connectivity index (χ0v) is 12.2. The molecular formula is C16H22N4. The number of rotatable bonds is 7. The van der Waals surface area contributed by atoms with Crippen molar-refractivity contribution in [3.63, 3.8) is 0 Å². The van der Waals surface area contributed by atoms with Crippen molar-refractivity contribution in [3.8, 4) is 0 Å². The van der Waals surface area contributed by atoms with Crippen LogP contribution in [0.3, 0.4) is 0 Å². The van der Waals surface area contributed by atoms with Crippen molar-refractivity contribution >= 4 is 0 Å². The number of nitrogens with zero attached hydrogens (tertiary/aromatic N) is 4. The van der Waals surface area contributed by atoms with Gasteiger partial charge in [0.25, 0.3) is 0 Å². The maximum Gasteiger partial charge on any atom is 0.0602 e. The van der Waals surface area contributed by atoms with Crippen molar-refractivity contribution < 1.29 is 0 Å². The highest BCUT2D eigenvalue weighted by Crippen LogP contribution is 2.06. The lowest BCUT2D eigenvalue weighted by Gasteiger charge is -2.24. The molecule has 106 valence electrons. The van der Waals surface area contributed by atoms with E-state index in [1.165, 1.54) is 5.56 Å². The monoisotopic (exact) mass is 270 g/mol. The largest absolute Gasteiger partial charge is 0.303 e. The number of likely N-dealkylation sites (N-methyl/N-ethyl adjacent to an activating group) is 1. The summed E-state index contributed by atoms with van der Waals surface area (Å²) in [6.07, 6.45) is 12.2. The van der Waals surface area contributed by atoms with Crippen molar-refractivity contribution in [1.29, 1.82) is 0 Å². The first-order valence-electron chi connectivity index (χ1n) is 7.09. The zero-order chi connectivity index (χ0) is 14.2. The average Bonchev–Trinajstić information content (AvgIpc) is 2.49. The van der Waals surface area contributed by atoms with E-state index in [0.717, 1.165) is 31.5 Å². The van der Waals surface area contributed by atoms with Gasteiger partial charge in [0.05, 0.1) is 5.69 Å². The van der Waals surface area contributed by atoms with E-state index in [0.29, 0.717) is 6.04 Å². The van der Waals surface area contributed by atoms with Gasteiger partial charge < -0.3 is 4.90 Å². The minimum absolute atomic E-state index is 0.473. The van der Waals surface area contributed by atoms with E-state index in [1.54, 1.807) is 12.4 Å². The van der Waals surface area contributed by atoms with Gasteiger partial charge in [-0.1, -0.05) is 6.07 Å². The van der Waals surface area contributed by atoms with E-state index >= 15 is 0 Å². The van der Waals surface area contributed by atoms with Crippen LogP contribution >= 0.6 is 0 Å². The third kappa shape index (κ3) is 4.70. The van der Waals surface area contributed by atoms with Crippen LogP contribution in [0.25, 0.3) is 0 Å². The summed E-state index contributed by atoms with van der Waals surface area (Å²) in [5.74, 6) is 0. The van der Waals surface area contributed by atoms with Gasteiger partial charge in [-0.25, -0.2) is 0 Å². The molecule has 2 rings (SSSR count). The molecule has 0 aliphatic rings. The topological polar surface area (TPSA) is 41.9 Å². The summed E-state index contributed by atoms with van der Waals surface area (Å²) in [6.45, 7) is 3.31. The van der Waals surface area contributed by atoms with E-state index in [4.69, 9.17) is 0 Å². The van der Waals surface area contributed by atoms with Crippen molar-refractivity contribution in [2.24, 2.45) is 0 Å². The van der Waals surface area contributed by atoms with Crippen molar-refractivity contribution in [3.05, 3.63) is 54.4 Å². The fourth-order valence-corrected chi connectivity index (χ4v) is 2.19. The fourth-order valence-electron chi connectivity index (χ4n) is 2.19. The Hall–Kier alpha value is -1.81. The van der Waals surface area contributed by atoms with Crippen LogP contribution in [0.15, 0.2) is 43.1 Å². The standard InChI is InChI=1S/C16H22N4/c1-14(11-16-13-18-8-9-19-16)20(2)10-4-6-15-5-3-7-17-12-15/h3,5,7-9,12-14H,4,6,10-11H2,1-2H3/t14-/m0/s1. The molecule has 4 heteroatoms. The Labute approximate surface area is 120 Å². The van der Waals surface area contributed by atoms with Crippen LogP contribution in [0.4, 0.5) is 0 Å². The highest BCUT2D eigenvalue weighted by Gasteiger charge is 2.10.